The van der Waals surface area contributed by atoms with E-state index in [4.69, 9.17) is 0 Å². The average Bonchev–Trinajstić information content (AvgIpc) is 2.89. The Morgan fingerprint density at radius 2 is 1.76 bits per heavy atom. The summed E-state index contributed by atoms with van der Waals surface area (Å²) in [6.45, 7) is 6.15. The second-order valence-electron chi connectivity index (χ2n) is 6.15. The lowest BCUT2D eigenvalue weighted by Crippen LogP contribution is -2.14. The Bertz CT molecular complexity index is 440. The lowest BCUT2D eigenvalue weighted by Gasteiger charge is -2.21. The molecule has 0 aliphatic heterocycles. The number of rotatable bonds is 2. The third kappa shape index (κ3) is 2.55. The third-order valence-corrected chi connectivity index (χ3v) is 3.38. The summed E-state index contributed by atoms with van der Waals surface area (Å²) in [5.74, 6) is -0.199. The molecular formula is C14H20O3. The zero-order valence-corrected chi connectivity index (χ0v) is 10.6. The molecule has 1 aliphatic rings. The Labute approximate surface area is 102 Å². The van der Waals surface area contributed by atoms with Gasteiger partial charge >= 0.3 is 0 Å². The molecule has 0 unspecified atom stereocenters. The van der Waals surface area contributed by atoms with Crippen molar-refractivity contribution in [2.24, 2.45) is 0 Å². The van der Waals surface area contributed by atoms with E-state index in [0.717, 1.165) is 18.4 Å². The quantitative estimate of drug-likeness (QED) is 0.691. The molecule has 1 fully saturated rings. The maximum absolute atomic E-state index is 9.90. The van der Waals surface area contributed by atoms with Crippen LogP contribution in [0.15, 0.2) is 12.1 Å². The van der Waals surface area contributed by atoms with Crippen LogP contribution in [0.1, 0.15) is 44.7 Å². The molecule has 3 heteroatoms. The molecule has 0 amide bonds. The van der Waals surface area contributed by atoms with Crippen LogP contribution in [0.2, 0.25) is 0 Å². The van der Waals surface area contributed by atoms with Crippen molar-refractivity contribution in [3.8, 4) is 11.5 Å². The largest absolute Gasteiger partial charge is 0.504 e. The smallest absolute Gasteiger partial charge is 0.160 e. The van der Waals surface area contributed by atoms with Crippen LogP contribution in [-0.4, -0.2) is 20.9 Å². The minimum atomic E-state index is -0.666. The van der Waals surface area contributed by atoms with Gasteiger partial charge in [0.25, 0.3) is 0 Å². The highest BCUT2D eigenvalue weighted by Crippen LogP contribution is 2.43. The lowest BCUT2D eigenvalue weighted by atomic mass is 9.85. The fourth-order valence-corrected chi connectivity index (χ4v) is 1.92. The number of aromatic hydroxyl groups is 2. The van der Waals surface area contributed by atoms with Crippen LogP contribution < -0.4 is 0 Å². The molecule has 1 saturated carbocycles. The lowest BCUT2D eigenvalue weighted by molar-refractivity contribution is 0.149. The number of phenols is 2. The number of hydrogen-bond donors (Lipinski definition) is 3. The third-order valence-electron chi connectivity index (χ3n) is 3.38. The highest BCUT2D eigenvalue weighted by molar-refractivity contribution is 5.50. The van der Waals surface area contributed by atoms with Crippen molar-refractivity contribution in [3.63, 3.8) is 0 Å². The molecule has 0 atom stereocenters. The molecule has 3 N–H and O–H groups in total. The van der Waals surface area contributed by atoms with E-state index >= 15 is 0 Å². The van der Waals surface area contributed by atoms with Crippen LogP contribution in [0.4, 0.5) is 0 Å². The first-order chi connectivity index (χ1) is 7.71. The average molecular weight is 236 g/mol. The number of benzene rings is 1. The van der Waals surface area contributed by atoms with Gasteiger partial charge in [-0.1, -0.05) is 26.8 Å². The molecule has 1 aromatic carbocycles. The Kier molecular flexibility index (Phi) is 2.62. The summed E-state index contributed by atoms with van der Waals surface area (Å²) in [5, 5.41) is 29.4. The first kappa shape index (κ1) is 12.2. The van der Waals surface area contributed by atoms with Gasteiger partial charge in [0.2, 0.25) is 0 Å². The SMILES string of the molecule is CC(C)(C)c1cc(O)c(O)c(CC2(O)CC2)c1. The molecule has 2 rings (SSSR count). The molecule has 0 heterocycles. The van der Waals surface area contributed by atoms with E-state index in [0.29, 0.717) is 12.0 Å². The van der Waals surface area contributed by atoms with Crippen LogP contribution in [-0.2, 0) is 11.8 Å². The van der Waals surface area contributed by atoms with Crippen LogP contribution >= 0.6 is 0 Å². The molecule has 0 saturated heterocycles. The van der Waals surface area contributed by atoms with Crippen molar-refractivity contribution < 1.29 is 15.3 Å². The minimum Gasteiger partial charge on any atom is -0.504 e. The summed E-state index contributed by atoms with van der Waals surface area (Å²) in [4.78, 5) is 0. The summed E-state index contributed by atoms with van der Waals surface area (Å²) in [5.41, 5.74) is 0.842. The first-order valence-corrected chi connectivity index (χ1v) is 5.99. The molecule has 1 aromatic rings. The second kappa shape index (κ2) is 3.64. The van der Waals surface area contributed by atoms with Crippen LogP contribution in [0.25, 0.3) is 0 Å². The highest BCUT2D eigenvalue weighted by atomic mass is 16.3. The summed E-state index contributed by atoms with van der Waals surface area (Å²) < 4.78 is 0. The van der Waals surface area contributed by atoms with Gasteiger partial charge in [-0.3, -0.25) is 0 Å². The molecule has 17 heavy (non-hydrogen) atoms. The van der Waals surface area contributed by atoms with Gasteiger partial charge in [0.15, 0.2) is 11.5 Å². The molecular weight excluding hydrogens is 216 g/mol. The Morgan fingerprint density at radius 1 is 1.18 bits per heavy atom. The normalized spacial score (nSPS) is 18.1. The zero-order valence-electron chi connectivity index (χ0n) is 10.6. The maximum Gasteiger partial charge on any atom is 0.160 e. The molecule has 0 radical (unpaired) electrons. The van der Waals surface area contributed by atoms with Gasteiger partial charge in [0, 0.05) is 12.0 Å². The number of phenolic OH excluding ortho intramolecular Hbond substituents is 2. The van der Waals surface area contributed by atoms with Crippen molar-refractivity contribution in [1.29, 1.82) is 0 Å². The van der Waals surface area contributed by atoms with E-state index in [-0.39, 0.29) is 16.9 Å². The highest BCUT2D eigenvalue weighted by Gasteiger charge is 2.41. The van der Waals surface area contributed by atoms with Crippen molar-refractivity contribution in [3.05, 3.63) is 23.3 Å². The number of aliphatic hydroxyl groups is 1. The molecule has 1 aliphatic carbocycles. The standard InChI is InChI=1S/C14H20O3/c1-13(2,3)10-6-9(8-14(17)4-5-14)12(16)11(15)7-10/h6-7,15-17H,4-5,8H2,1-3H3. The van der Waals surface area contributed by atoms with E-state index < -0.39 is 5.60 Å². The van der Waals surface area contributed by atoms with Gasteiger partial charge in [-0.2, -0.15) is 0 Å². The summed E-state index contributed by atoms with van der Waals surface area (Å²) in [7, 11) is 0. The molecule has 0 aromatic heterocycles. The predicted molar refractivity (Wildman–Crippen MR) is 66.4 cm³/mol. The van der Waals surface area contributed by atoms with Crippen LogP contribution in [0.5, 0.6) is 11.5 Å². The van der Waals surface area contributed by atoms with E-state index in [1.54, 1.807) is 6.07 Å². The minimum absolute atomic E-state index is 0.0912. The summed E-state index contributed by atoms with van der Waals surface area (Å²) in [6.07, 6.45) is 1.95. The van der Waals surface area contributed by atoms with Crippen LogP contribution in [0, 0.1) is 0 Å². The van der Waals surface area contributed by atoms with Gasteiger partial charge in [0.1, 0.15) is 0 Å². The zero-order chi connectivity index (χ0) is 12.8. The van der Waals surface area contributed by atoms with E-state index in [1.165, 1.54) is 0 Å². The summed E-state index contributed by atoms with van der Waals surface area (Å²) >= 11 is 0. The molecule has 94 valence electrons. The predicted octanol–water partition coefficient (Wildman–Crippen LogP) is 2.46. The van der Waals surface area contributed by atoms with E-state index in [2.05, 4.69) is 20.8 Å². The molecule has 0 spiro atoms. The Morgan fingerprint density at radius 3 is 2.24 bits per heavy atom. The topological polar surface area (TPSA) is 60.7 Å². The van der Waals surface area contributed by atoms with E-state index in [9.17, 15) is 15.3 Å². The van der Waals surface area contributed by atoms with Crippen LogP contribution in [0.3, 0.4) is 0 Å². The molecule has 3 nitrogen and oxygen atoms in total. The van der Waals surface area contributed by atoms with Gasteiger partial charge < -0.3 is 15.3 Å². The van der Waals surface area contributed by atoms with Gasteiger partial charge in [-0.15, -0.1) is 0 Å². The fourth-order valence-electron chi connectivity index (χ4n) is 1.92. The van der Waals surface area contributed by atoms with Gasteiger partial charge in [-0.05, 0) is 29.9 Å². The number of hydrogen-bond acceptors (Lipinski definition) is 3. The second-order valence-corrected chi connectivity index (χ2v) is 6.15. The fraction of sp³-hybridized carbons (Fsp3) is 0.571. The van der Waals surface area contributed by atoms with Gasteiger partial charge in [0.05, 0.1) is 5.60 Å². The molecule has 0 bridgehead atoms. The van der Waals surface area contributed by atoms with Crippen molar-refractivity contribution in [2.75, 3.05) is 0 Å². The Hall–Kier alpha value is -1.22. The van der Waals surface area contributed by atoms with Crippen molar-refractivity contribution in [2.45, 2.75) is 51.0 Å². The van der Waals surface area contributed by atoms with Crippen molar-refractivity contribution in [1.82, 2.24) is 0 Å². The van der Waals surface area contributed by atoms with Gasteiger partial charge in [-0.25, -0.2) is 0 Å². The summed E-state index contributed by atoms with van der Waals surface area (Å²) in [6, 6.07) is 3.47. The monoisotopic (exact) mass is 236 g/mol. The van der Waals surface area contributed by atoms with E-state index in [1.807, 2.05) is 6.07 Å². The maximum atomic E-state index is 9.90. The Balaban J connectivity index is 2.39. The first-order valence-electron chi connectivity index (χ1n) is 5.99. The van der Waals surface area contributed by atoms with Crippen molar-refractivity contribution >= 4 is 0 Å².